The third-order valence-corrected chi connectivity index (χ3v) is 4.90. The van der Waals surface area contributed by atoms with Gasteiger partial charge in [-0.25, -0.2) is 0 Å². The van der Waals surface area contributed by atoms with E-state index in [9.17, 15) is 0 Å². The summed E-state index contributed by atoms with van der Waals surface area (Å²) in [7, 11) is 0. The van der Waals surface area contributed by atoms with Gasteiger partial charge in [0.1, 0.15) is 0 Å². The third kappa shape index (κ3) is 2.63. The normalized spacial score (nSPS) is 17.9. The van der Waals surface area contributed by atoms with Crippen LogP contribution in [-0.2, 0) is 13.1 Å². The van der Waals surface area contributed by atoms with Crippen molar-refractivity contribution in [2.75, 3.05) is 24.6 Å². The molecule has 0 atom stereocenters. The van der Waals surface area contributed by atoms with Crippen LogP contribution in [0.4, 0.5) is 0 Å². The molecule has 2 rings (SSSR count). The minimum absolute atomic E-state index is 0.949. The van der Waals surface area contributed by atoms with Crippen LogP contribution < -0.4 is 0 Å². The van der Waals surface area contributed by atoms with Gasteiger partial charge in [0.2, 0.25) is 0 Å². The summed E-state index contributed by atoms with van der Waals surface area (Å²) in [5, 5.41) is 4.53. The molecule has 0 N–H and O–H groups in total. The van der Waals surface area contributed by atoms with Crippen molar-refractivity contribution in [1.29, 1.82) is 0 Å². The number of halogens is 1. The molecule has 3 nitrogen and oxygen atoms in total. The summed E-state index contributed by atoms with van der Waals surface area (Å²) in [5.41, 5.74) is 2.43. The molecule has 0 bridgehead atoms. The smallest absolute Gasteiger partial charge is 0.0739 e. The van der Waals surface area contributed by atoms with Crippen LogP contribution in [-0.4, -0.2) is 39.3 Å². The Morgan fingerprint density at radius 2 is 2.06 bits per heavy atom. The molecule has 5 heteroatoms. The second-order valence-electron chi connectivity index (χ2n) is 4.05. The molecular weight excluding hydrogens is 286 g/mol. The molecule has 1 aromatic rings. The van der Waals surface area contributed by atoms with E-state index < -0.39 is 0 Å². The summed E-state index contributed by atoms with van der Waals surface area (Å²) in [6, 6.07) is 0. The highest BCUT2D eigenvalue weighted by Crippen LogP contribution is 2.23. The Kier molecular flexibility index (Phi) is 4.33. The van der Waals surface area contributed by atoms with Gasteiger partial charge in [-0.3, -0.25) is 9.58 Å². The molecule has 0 spiro atoms. The van der Waals surface area contributed by atoms with E-state index in [-0.39, 0.29) is 0 Å². The highest BCUT2D eigenvalue weighted by atomic mass is 79.9. The molecule has 1 saturated heterocycles. The predicted octanol–water partition coefficient (Wildman–Crippen LogP) is 2.52. The van der Waals surface area contributed by atoms with E-state index >= 15 is 0 Å². The van der Waals surface area contributed by atoms with E-state index in [0.717, 1.165) is 18.8 Å². The van der Waals surface area contributed by atoms with Gasteiger partial charge in [-0.2, -0.15) is 16.9 Å². The molecule has 16 heavy (non-hydrogen) atoms. The quantitative estimate of drug-likeness (QED) is 0.856. The van der Waals surface area contributed by atoms with Gasteiger partial charge in [0.25, 0.3) is 0 Å². The predicted molar refractivity (Wildman–Crippen MR) is 72.9 cm³/mol. The zero-order valence-corrected chi connectivity index (χ0v) is 12.3. The average molecular weight is 304 g/mol. The molecule has 0 unspecified atom stereocenters. The number of thioether (sulfide) groups is 1. The Morgan fingerprint density at radius 1 is 1.38 bits per heavy atom. The lowest BCUT2D eigenvalue weighted by Crippen LogP contribution is -2.32. The Balaban J connectivity index is 2.12. The Morgan fingerprint density at radius 3 is 2.69 bits per heavy atom. The standard InChI is InChI=1S/C11H18BrN3S/c1-3-15-10(11(12)9(2)13-15)8-14-4-6-16-7-5-14/h3-8H2,1-2H3. The van der Waals surface area contributed by atoms with Gasteiger partial charge >= 0.3 is 0 Å². The molecule has 1 fully saturated rings. The van der Waals surface area contributed by atoms with Gasteiger partial charge in [-0.1, -0.05) is 0 Å². The maximum Gasteiger partial charge on any atom is 0.0739 e. The van der Waals surface area contributed by atoms with Crippen LogP contribution in [0.1, 0.15) is 18.3 Å². The molecular formula is C11H18BrN3S. The molecule has 2 heterocycles. The highest BCUT2D eigenvalue weighted by Gasteiger charge is 2.17. The van der Waals surface area contributed by atoms with Crippen LogP contribution in [0.15, 0.2) is 4.47 Å². The van der Waals surface area contributed by atoms with Crippen LogP contribution in [0.2, 0.25) is 0 Å². The molecule has 0 amide bonds. The van der Waals surface area contributed by atoms with Gasteiger partial charge in [-0.05, 0) is 29.8 Å². The SMILES string of the molecule is CCn1nc(C)c(Br)c1CN1CCSCC1. The fraction of sp³-hybridized carbons (Fsp3) is 0.727. The lowest BCUT2D eigenvalue weighted by atomic mass is 10.3. The van der Waals surface area contributed by atoms with Crippen LogP contribution in [0.25, 0.3) is 0 Å². The number of hydrogen-bond donors (Lipinski definition) is 0. The molecule has 0 aliphatic carbocycles. The number of nitrogens with zero attached hydrogens (tertiary/aromatic N) is 3. The lowest BCUT2D eigenvalue weighted by molar-refractivity contribution is 0.284. The molecule has 0 radical (unpaired) electrons. The van der Waals surface area contributed by atoms with Crippen molar-refractivity contribution in [3.8, 4) is 0 Å². The van der Waals surface area contributed by atoms with Crippen molar-refractivity contribution < 1.29 is 0 Å². The Hall–Kier alpha value is -0.0000000000000000555. The Bertz CT molecular complexity index is 358. The molecule has 1 aliphatic rings. The zero-order valence-electron chi connectivity index (χ0n) is 9.87. The first-order valence-corrected chi connectivity index (χ1v) is 7.69. The topological polar surface area (TPSA) is 21.1 Å². The highest BCUT2D eigenvalue weighted by molar-refractivity contribution is 9.10. The summed E-state index contributed by atoms with van der Waals surface area (Å²) in [6.45, 7) is 8.58. The van der Waals surface area contributed by atoms with E-state index in [0.29, 0.717) is 0 Å². The fourth-order valence-corrected chi connectivity index (χ4v) is 3.38. The van der Waals surface area contributed by atoms with Crippen LogP contribution in [0, 0.1) is 6.92 Å². The Labute approximate surface area is 110 Å². The number of aryl methyl sites for hydroxylation is 2. The van der Waals surface area contributed by atoms with E-state index in [4.69, 9.17) is 0 Å². The largest absolute Gasteiger partial charge is 0.296 e. The van der Waals surface area contributed by atoms with Crippen molar-refractivity contribution in [2.24, 2.45) is 0 Å². The minimum atomic E-state index is 0.949. The van der Waals surface area contributed by atoms with E-state index in [1.54, 1.807) is 0 Å². The maximum absolute atomic E-state index is 4.53. The van der Waals surface area contributed by atoms with E-state index in [2.05, 4.69) is 56.2 Å². The van der Waals surface area contributed by atoms with Crippen LogP contribution in [0.3, 0.4) is 0 Å². The van der Waals surface area contributed by atoms with Gasteiger partial charge in [0.05, 0.1) is 15.9 Å². The van der Waals surface area contributed by atoms with Gasteiger partial charge in [-0.15, -0.1) is 0 Å². The van der Waals surface area contributed by atoms with Crippen LogP contribution in [0.5, 0.6) is 0 Å². The van der Waals surface area contributed by atoms with Gasteiger partial charge < -0.3 is 0 Å². The first-order chi connectivity index (χ1) is 7.72. The summed E-state index contributed by atoms with van der Waals surface area (Å²) in [6.07, 6.45) is 0. The van der Waals surface area contributed by atoms with Crippen LogP contribution >= 0.6 is 27.7 Å². The fourth-order valence-electron chi connectivity index (χ4n) is 1.99. The minimum Gasteiger partial charge on any atom is -0.296 e. The summed E-state index contributed by atoms with van der Waals surface area (Å²) < 4.78 is 3.30. The van der Waals surface area contributed by atoms with Crippen molar-refractivity contribution in [2.45, 2.75) is 26.9 Å². The van der Waals surface area contributed by atoms with Crippen molar-refractivity contribution in [1.82, 2.24) is 14.7 Å². The number of rotatable bonds is 3. The summed E-state index contributed by atoms with van der Waals surface area (Å²) >= 11 is 5.71. The zero-order chi connectivity index (χ0) is 11.5. The molecule has 1 aromatic heterocycles. The van der Waals surface area contributed by atoms with E-state index in [1.807, 2.05) is 0 Å². The molecule has 0 aromatic carbocycles. The first-order valence-electron chi connectivity index (χ1n) is 5.74. The molecule has 1 aliphatic heterocycles. The van der Waals surface area contributed by atoms with Crippen molar-refractivity contribution >= 4 is 27.7 Å². The number of hydrogen-bond acceptors (Lipinski definition) is 3. The lowest BCUT2D eigenvalue weighted by Gasteiger charge is -2.26. The van der Waals surface area contributed by atoms with E-state index in [1.165, 1.54) is 34.8 Å². The first kappa shape index (κ1) is 12.5. The van der Waals surface area contributed by atoms with Gasteiger partial charge in [0.15, 0.2) is 0 Å². The molecule has 90 valence electrons. The number of aromatic nitrogens is 2. The van der Waals surface area contributed by atoms with Crippen molar-refractivity contribution in [3.63, 3.8) is 0 Å². The van der Waals surface area contributed by atoms with Gasteiger partial charge in [0, 0.05) is 37.7 Å². The second kappa shape index (κ2) is 5.56. The second-order valence-corrected chi connectivity index (χ2v) is 6.07. The third-order valence-electron chi connectivity index (χ3n) is 2.93. The molecule has 0 saturated carbocycles. The monoisotopic (exact) mass is 303 g/mol. The maximum atomic E-state index is 4.53. The summed E-state index contributed by atoms with van der Waals surface area (Å²) in [5.74, 6) is 2.52. The van der Waals surface area contributed by atoms with Crippen molar-refractivity contribution in [3.05, 3.63) is 15.9 Å². The summed E-state index contributed by atoms with van der Waals surface area (Å²) in [4.78, 5) is 2.52. The average Bonchev–Trinajstić information content (AvgIpc) is 2.58.